The Morgan fingerprint density at radius 3 is 2.32 bits per heavy atom. The van der Waals surface area contributed by atoms with Crippen LogP contribution in [0.25, 0.3) is 0 Å². The van der Waals surface area contributed by atoms with Crippen molar-refractivity contribution in [3.05, 3.63) is 88.4 Å². The first-order valence-corrected chi connectivity index (χ1v) is 12.2. The third-order valence-electron chi connectivity index (χ3n) is 5.18. The van der Waals surface area contributed by atoms with E-state index in [1.165, 1.54) is 9.87 Å². The van der Waals surface area contributed by atoms with E-state index in [-0.39, 0.29) is 11.4 Å². The lowest BCUT2D eigenvalue weighted by Gasteiger charge is -2.19. The number of nitrogens with one attached hydrogen (secondary N) is 1. The molecule has 0 aromatic heterocycles. The first-order chi connectivity index (χ1) is 14.8. The largest absolute Gasteiger partial charge is 0.497 e. The van der Waals surface area contributed by atoms with E-state index < -0.39 is 10.0 Å². The molecule has 164 valence electrons. The number of ether oxygens (including phenoxy) is 1. The van der Waals surface area contributed by atoms with Gasteiger partial charge in [0.25, 0.3) is 0 Å². The SMILES string of the molecule is COc1ccc(CN(C)S(=O)(=O)c2ccc(NC[C@H](C)c3ccccc3)c(Br)c2)cc1. The molecule has 31 heavy (non-hydrogen) atoms. The molecule has 3 aromatic carbocycles. The maximum atomic E-state index is 13.0. The minimum atomic E-state index is -3.62. The molecule has 7 heteroatoms. The summed E-state index contributed by atoms with van der Waals surface area (Å²) in [5.74, 6) is 1.06. The smallest absolute Gasteiger partial charge is 0.243 e. The van der Waals surface area contributed by atoms with Gasteiger partial charge in [-0.25, -0.2) is 8.42 Å². The van der Waals surface area contributed by atoms with Crippen LogP contribution in [0.15, 0.2) is 82.2 Å². The van der Waals surface area contributed by atoms with Gasteiger partial charge in [-0.2, -0.15) is 4.31 Å². The van der Waals surface area contributed by atoms with E-state index in [0.717, 1.165) is 23.5 Å². The Bertz CT molecular complexity index is 1100. The number of halogens is 1. The second-order valence-corrected chi connectivity index (χ2v) is 10.3. The van der Waals surface area contributed by atoms with E-state index in [1.54, 1.807) is 32.4 Å². The number of anilines is 1. The fraction of sp³-hybridized carbons (Fsp3) is 0.250. The summed E-state index contributed by atoms with van der Waals surface area (Å²) in [4.78, 5) is 0.247. The highest BCUT2D eigenvalue weighted by Crippen LogP contribution is 2.28. The number of nitrogens with zero attached hydrogens (tertiary/aromatic N) is 1. The van der Waals surface area contributed by atoms with Gasteiger partial charge >= 0.3 is 0 Å². The normalized spacial score (nSPS) is 12.5. The molecular formula is C24H27BrN2O3S. The van der Waals surface area contributed by atoms with E-state index >= 15 is 0 Å². The van der Waals surface area contributed by atoms with Crippen LogP contribution in [0.2, 0.25) is 0 Å². The summed E-state index contributed by atoms with van der Waals surface area (Å²) < 4.78 is 33.3. The standard InChI is InChI=1S/C24H27BrN2O3S/c1-18(20-7-5-4-6-8-20)16-26-24-14-13-22(15-23(24)25)31(28,29)27(2)17-19-9-11-21(30-3)12-10-19/h4-15,18,26H,16-17H2,1-3H3/t18-/m0/s1. The van der Waals surface area contributed by atoms with Gasteiger partial charge in [0.1, 0.15) is 5.75 Å². The average Bonchev–Trinajstić information content (AvgIpc) is 2.79. The Morgan fingerprint density at radius 1 is 1.03 bits per heavy atom. The van der Waals surface area contributed by atoms with Gasteiger partial charge in [0.05, 0.1) is 12.0 Å². The summed E-state index contributed by atoms with van der Waals surface area (Å²) in [5.41, 5.74) is 3.00. The number of methoxy groups -OCH3 is 1. The minimum absolute atomic E-state index is 0.247. The van der Waals surface area contributed by atoms with Crippen molar-refractivity contribution in [1.82, 2.24) is 4.31 Å². The van der Waals surface area contributed by atoms with Gasteiger partial charge in [-0.15, -0.1) is 0 Å². The Hall–Kier alpha value is -2.35. The van der Waals surface area contributed by atoms with E-state index in [4.69, 9.17) is 4.74 Å². The van der Waals surface area contributed by atoms with E-state index in [2.05, 4.69) is 40.3 Å². The van der Waals surface area contributed by atoms with Gasteiger partial charge in [0.2, 0.25) is 10.0 Å². The molecule has 0 fully saturated rings. The zero-order chi connectivity index (χ0) is 22.4. The Morgan fingerprint density at radius 2 is 1.71 bits per heavy atom. The number of sulfonamides is 1. The second kappa shape index (κ2) is 10.3. The zero-order valence-corrected chi connectivity index (χ0v) is 20.3. The van der Waals surface area contributed by atoms with Gasteiger partial charge in [-0.3, -0.25) is 0 Å². The Labute approximate surface area is 193 Å². The lowest BCUT2D eigenvalue weighted by atomic mass is 10.0. The maximum Gasteiger partial charge on any atom is 0.243 e. The van der Waals surface area contributed by atoms with Crippen LogP contribution in [-0.2, 0) is 16.6 Å². The van der Waals surface area contributed by atoms with E-state index in [0.29, 0.717) is 10.4 Å². The highest BCUT2D eigenvalue weighted by Gasteiger charge is 2.22. The molecule has 0 amide bonds. The predicted octanol–water partition coefficient (Wildman–Crippen LogP) is 5.49. The van der Waals surface area contributed by atoms with Crippen molar-refractivity contribution in [3.63, 3.8) is 0 Å². The van der Waals surface area contributed by atoms with Gasteiger partial charge in [0, 0.05) is 30.3 Å². The number of rotatable bonds is 9. The molecule has 5 nitrogen and oxygen atoms in total. The van der Waals surface area contributed by atoms with Crippen LogP contribution < -0.4 is 10.1 Å². The molecule has 0 unspecified atom stereocenters. The van der Waals surface area contributed by atoms with Crippen molar-refractivity contribution >= 4 is 31.6 Å². The van der Waals surface area contributed by atoms with Crippen LogP contribution in [0.5, 0.6) is 5.75 Å². The van der Waals surface area contributed by atoms with Crippen molar-refractivity contribution in [3.8, 4) is 5.75 Å². The number of hydrogen-bond donors (Lipinski definition) is 1. The maximum absolute atomic E-state index is 13.0. The fourth-order valence-corrected chi connectivity index (χ4v) is 5.07. The Kier molecular flexibility index (Phi) is 7.75. The van der Waals surface area contributed by atoms with Crippen LogP contribution in [0.3, 0.4) is 0 Å². The third-order valence-corrected chi connectivity index (χ3v) is 7.64. The van der Waals surface area contributed by atoms with Gasteiger partial charge in [0.15, 0.2) is 0 Å². The molecular weight excluding hydrogens is 476 g/mol. The van der Waals surface area contributed by atoms with Crippen LogP contribution >= 0.6 is 15.9 Å². The molecule has 1 atom stereocenters. The summed E-state index contributed by atoms with van der Waals surface area (Å²) in [6.07, 6.45) is 0. The molecule has 0 saturated heterocycles. The molecule has 0 spiro atoms. The molecule has 0 aliphatic rings. The quantitative estimate of drug-likeness (QED) is 0.419. The second-order valence-electron chi connectivity index (χ2n) is 7.44. The average molecular weight is 503 g/mol. The summed E-state index contributed by atoms with van der Waals surface area (Å²) >= 11 is 3.52. The molecule has 0 aliphatic carbocycles. The summed E-state index contributed by atoms with van der Waals surface area (Å²) in [5, 5.41) is 3.40. The monoisotopic (exact) mass is 502 g/mol. The van der Waals surface area contributed by atoms with Crippen LogP contribution in [0.1, 0.15) is 24.0 Å². The summed E-state index contributed by atoms with van der Waals surface area (Å²) in [6.45, 7) is 3.17. The van der Waals surface area contributed by atoms with E-state index in [1.807, 2.05) is 42.5 Å². The van der Waals surface area contributed by atoms with Gasteiger partial charge in [-0.05, 0) is 63.3 Å². The van der Waals surface area contributed by atoms with Crippen LogP contribution in [0.4, 0.5) is 5.69 Å². The van der Waals surface area contributed by atoms with E-state index in [9.17, 15) is 8.42 Å². The predicted molar refractivity (Wildman–Crippen MR) is 129 cm³/mol. The molecule has 3 aromatic rings. The highest BCUT2D eigenvalue weighted by atomic mass is 79.9. The van der Waals surface area contributed by atoms with Crippen molar-refractivity contribution < 1.29 is 13.2 Å². The van der Waals surface area contributed by atoms with Crippen LogP contribution in [-0.4, -0.2) is 33.4 Å². The Balaban J connectivity index is 1.68. The first-order valence-electron chi connectivity index (χ1n) is 9.99. The van der Waals surface area contributed by atoms with Gasteiger partial charge in [-0.1, -0.05) is 49.4 Å². The van der Waals surface area contributed by atoms with Crippen molar-refractivity contribution in [1.29, 1.82) is 0 Å². The fourth-order valence-electron chi connectivity index (χ4n) is 3.22. The summed E-state index contributed by atoms with van der Waals surface area (Å²) in [7, 11) is -0.436. The molecule has 0 aliphatic heterocycles. The molecule has 1 N–H and O–H groups in total. The van der Waals surface area contributed by atoms with Crippen molar-refractivity contribution in [2.24, 2.45) is 0 Å². The zero-order valence-electron chi connectivity index (χ0n) is 17.9. The van der Waals surface area contributed by atoms with Gasteiger partial charge < -0.3 is 10.1 Å². The van der Waals surface area contributed by atoms with Crippen molar-refractivity contribution in [2.75, 3.05) is 26.0 Å². The summed E-state index contributed by atoms with van der Waals surface area (Å²) in [6, 6.07) is 22.7. The van der Waals surface area contributed by atoms with Crippen molar-refractivity contribution in [2.45, 2.75) is 24.3 Å². The highest BCUT2D eigenvalue weighted by molar-refractivity contribution is 9.10. The topological polar surface area (TPSA) is 58.6 Å². The first kappa shape index (κ1) is 23.3. The lowest BCUT2D eigenvalue weighted by molar-refractivity contribution is 0.414. The number of benzene rings is 3. The lowest BCUT2D eigenvalue weighted by Crippen LogP contribution is -2.26. The molecule has 0 saturated carbocycles. The number of hydrogen-bond acceptors (Lipinski definition) is 4. The molecule has 0 bridgehead atoms. The third kappa shape index (κ3) is 5.87. The van der Waals surface area contributed by atoms with Crippen LogP contribution in [0, 0.1) is 0 Å². The molecule has 0 radical (unpaired) electrons. The molecule has 3 rings (SSSR count). The molecule has 0 heterocycles. The minimum Gasteiger partial charge on any atom is -0.497 e.